The van der Waals surface area contributed by atoms with E-state index in [1.807, 2.05) is 50.6 Å². The Morgan fingerprint density at radius 2 is 1.95 bits per heavy atom. The average Bonchev–Trinajstić information content (AvgIpc) is 2.63. The van der Waals surface area contributed by atoms with E-state index in [1.54, 1.807) is 21.6 Å². The quantitative estimate of drug-likeness (QED) is 0.485. The molecule has 2 rings (SSSR count). The first-order chi connectivity index (χ1) is 9.08. The topological polar surface area (TPSA) is 23.6 Å². The van der Waals surface area contributed by atoms with Gasteiger partial charge in [-0.1, -0.05) is 12.1 Å². The fraction of sp³-hybridized carbons (Fsp3) is 0.286. The Labute approximate surface area is 123 Å². The molecular formula is C14H16N2OS2. The largest absolute Gasteiger partial charge is 0.317 e. The van der Waals surface area contributed by atoms with Crippen molar-refractivity contribution in [3.63, 3.8) is 0 Å². The molecule has 0 bridgehead atoms. The smallest absolute Gasteiger partial charge is 0.276 e. The SMILES string of the molecule is CCN1C(=O)/C(=C/c2ccc(SC)cc2)N(C)C1=S. The van der Waals surface area contributed by atoms with Gasteiger partial charge in [0.1, 0.15) is 5.70 Å². The summed E-state index contributed by atoms with van der Waals surface area (Å²) >= 11 is 6.96. The highest BCUT2D eigenvalue weighted by Crippen LogP contribution is 2.23. The van der Waals surface area contributed by atoms with Crippen LogP contribution in [0.3, 0.4) is 0 Å². The highest BCUT2D eigenvalue weighted by molar-refractivity contribution is 7.98. The van der Waals surface area contributed by atoms with Crippen molar-refractivity contribution in [3.05, 3.63) is 35.5 Å². The van der Waals surface area contributed by atoms with Crippen LogP contribution in [0, 0.1) is 0 Å². The van der Waals surface area contributed by atoms with Crippen LogP contribution in [0.15, 0.2) is 34.9 Å². The van der Waals surface area contributed by atoms with Crippen molar-refractivity contribution in [3.8, 4) is 0 Å². The number of amides is 1. The number of carbonyl (C=O) groups excluding carboxylic acids is 1. The molecule has 0 radical (unpaired) electrons. The number of hydrogen-bond acceptors (Lipinski definition) is 3. The summed E-state index contributed by atoms with van der Waals surface area (Å²) in [6.07, 6.45) is 3.92. The van der Waals surface area contributed by atoms with E-state index in [4.69, 9.17) is 12.2 Å². The van der Waals surface area contributed by atoms with Crippen LogP contribution in [-0.2, 0) is 4.79 Å². The van der Waals surface area contributed by atoms with Gasteiger partial charge in [0.2, 0.25) is 0 Å². The molecule has 5 heteroatoms. The molecule has 0 aromatic heterocycles. The summed E-state index contributed by atoms with van der Waals surface area (Å²) in [5, 5.41) is 0.569. The van der Waals surface area contributed by atoms with Gasteiger partial charge >= 0.3 is 0 Å². The molecule has 1 amide bonds. The fourth-order valence-electron chi connectivity index (χ4n) is 1.95. The van der Waals surface area contributed by atoms with Crippen molar-refractivity contribution < 1.29 is 4.79 Å². The predicted octanol–water partition coefficient (Wildman–Crippen LogP) is 2.83. The molecule has 1 aliphatic heterocycles. The molecule has 0 spiro atoms. The molecule has 0 N–H and O–H groups in total. The molecule has 1 saturated heterocycles. The summed E-state index contributed by atoms with van der Waals surface area (Å²) in [4.78, 5) is 16.8. The maximum absolute atomic E-state index is 12.2. The lowest BCUT2D eigenvalue weighted by Gasteiger charge is -2.13. The van der Waals surface area contributed by atoms with E-state index < -0.39 is 0 Å². The Morgan fingerprint density at radius 1 is 1.32 bits per heavy atom. The lowest BCUT2D eigenvalue weighted by Crippen LogP contribution is -2.30. The van der Waals surface area contributed by atoms with E-state index in [2.05, 4.69) is 0 Å². The summed E-state index contributed by atoms with van der Waals surface area (Å²) in [7, 11) is 1.83. The molecule has 0 saturated carbocycles. The molecule has 100 valence electrons. The summed E-state index contributed by atoms with van der Waals surface area (Å²) < 4.78 is 0. The summed E-state index contributed by atoms with van der Waals surface area (Å²) in [5.41, 5.74) is 1.64. The second-order valence-electron chi connectivity index (χ2n) is 4.19. The zero-order chi connectivity index (χ0) is 14.0. The van der Waals surface area contributed by atoms with Gasteiger partial charge in [0.05, 0.1) is 0 Å². The Hall–Kier alpha value is -1.33. The van der Waals surface area contributed by atoms with E-state index >= 15 is 0 Å². The number of nitrogens with zero attached hydrogens (tertiary/aromatic N) is 2. The molecule has 1 heterocycles. The molecular weight excluding hydrogens is 276 g/mol. The summed E-state index contributed by atoms with van der Waals surface area (Å²) in [6.45, 7) is 2.53. The standard InChI is InChI=1S/C14H16N2OS2/c1-4-16-13(17)12(15(2)14(16)18)9-10-5-7-11(19-3)8-6-10/h5-9H,4H2,1-3H3/b12-9-. The van der Waals surface area contributed by atoms with Crippen LogP contribution in [0.5, 0.6) is 0 Å². The minimum absolute atomic E-state index is 0.0241. The Bertz CT molecular complexity index is 537. The number of hydrogen-bond donors (Lipinski definition) is 0. The number of rotatable bonds is 3. The van der Waals surface area contributed by atoms with Crippen molar-refractivity contribution in [2.45, 2.75) is 11.8 Å². The number of thioether (sulfide) groups is 1. The van der Waals surface area contributed by atoms with Crippen LogP contribution < -0.4 is 0 Å². The van der Waals surface area contributed by atoms with Crippen molar-refractivity contribution in [2.24, 2.45) is 0 Å². The van der Waals surface area contributed by atoms with Gasteiger partial charge in [0.25, 0.3) is 5.91 Å². The molecule has 3 nitrogen and oxygen atoms in total. The maximum Gasteiger partial charge on any atom is 0.276 e. The van der Waals surface area contributed by atoms with Crippen LogP contribution in [-0.4, -0.2) is 40.7 Å². The zero-order valence-corrected chi connectivity index (χ0v) is 12.8. The van der Waals surface area contributed by atoms with Crippen LogP contribution in [0.1, 0.15) is 12.5 Å². The molecule has 19 heavy (non-hydrogen) atoms. The van der Waals surface area contributed by atoms with Crippen molar-refractivity contribution in [1.29, 1.82) is 0 Å². The van der Waals surface area contributed by atoms with Crippen molar-refractivity contribution >= 4 is 41.1 Å². The molecule has 1 aromatic carbocycles. The molecule has 1 aliphatic rings. The van der Waals surface area contributed by atoms with Crippen LogP contribution >= 0.6 is 24.0 Å². The first kappa shape index (κ1) is 14.1. The average molecular weight is 292 g/mol. The van der Waals surface area contributed by atoms with Gasteiger partial charge in [-0.05, 0) is 49.2 Å². The number of thiocarbonyl (C=S) groups is 1. The van der Waals surface area contributed by atoms with Crippen LogP contribution in [0.25, 0.3) is 6.08 Å². The van der Waals surface area contributed by atoms with Crippen LogP contribution in [0.4, 0.5) is 0 Å². The van der Waals surface area contributed by atoms with Crippen LogP contribution in [0.2, 0.25) is 0 Å². The number of benzene rings is 1. The first-order valence-electron chi connectivity index (χ1n) is 6.03. The van der Waals surface area contributed by atoms with E-state index in [-0.39, 0.29) is 5.91 Å². The second-order valence-corrected chi connectivity index (χ2v) is 5.44. The molecule has 0 unspecified atom stereocenters. The highest BCUT2D eigenvalue weighted by Gasteiger charge is 2.34. The monoisotopic (exact) mass is 292 g/mol. The summed E-state index contributed by atoms with van der Waals surface area (Å²) in [5.74, 6) is -0.0241. The Morgan fingerprint density at radius 3 is 2.42 bits per heavy atom. The van der Waals surface area contributed by atoms with E-state index in [9.17, 15) is 4.79 Å². The van der Waals surface area contributed by atoms with Gasteiger partial charge in [-0.25, -0.2) is 0 Å². The van der Waals surface area contributed by atoms with Gasteiger partial charge in [-0.2, -0.15) is 0 Å². The zero-order valence-electron chi connectivity index (χ0n) is 11.2. The minimum Gasteiger partial charge on any atom is -0.317 e. The second kappa shape index (κ2) is 5.75. The van der Waals surface area contributed by atoms with Crippen molar-refractivity contribution in [2.75, 3.05) is 19.8 Å². The molecule has 0 atom stereocenters. The van der Waals surface area contributed by atoms with E-state index in [1.165, 1.54) is 4.90 Å². The lowest BCUT2D eigenvalue weighted by molar-refractivity contribution is -0.122. The highest BCUT2D eigenvalue weighted by atomic mass is 32.2. The minimum atomic E-state index is -0.0241. The third-order valence-electron chi connectivity index (χ3n) is 3.08. The molecule has 1 aromatic rings. The Kier molecular flexibility index (Phi) is 4.27. The van der Waals surface area contributed by atoms with E-state index in [0.717, 1.165) is 5.56 Å². The van der Waals surface area contributed by atoms with Gasteiger partial charge in [0.15, 0.2) is 5.11 Å². The normalized spacial score (nSPS) is 17.7. The van der Waals surface area contributed by atoms with Gasteiger partial charge in [-0.3, -0.25) is 9.69 Å². The van der Waals surface area contributed by atoms with E-state index in [0.29, 0.717) is 17.4 Å². The third-order valence-corrected chi connectivity index (χ3v) is 4.32. The lowest BCUT2D eigenvalue weighted by atomic mass is 10.2. The fourth-order valence-corrected chi connectivity index (χ4v) is 2.67. The first-order valence-corrected chi connectivity index (χ1v) is 7.67. The Balaban J connectivity index is 2.32. The molecule has 0 aliphatic carbocycles. The maximum atomic E-state index is 12.2. The van der Waals surface area contributed by atoms with Crippen molar-refractivity contribution in [1.82, 2.24) is 9.80 Å². The van der Waals surface area contributed by atoms with Gasteiger partial charge < -0.3 is 4.90 Å². The molecule has 1 fully saturated rings. The third kappa shape index (κ3) is 2.67. The number of carbonyl (C=O) groups is 1. The van der Waals surface area contributed by atoms with Gasteiger partial charge in [-0.15, -0.1) is 11.8 Å². The predicted molar refractivity (Wildman–Crippen MR) is 83.9 cm³/mol. The number of likely N-dealkylation sites (N-methyl/N-ethyl adjacent to an activating group) is 2. The summed E-state index contributed by atoms with van der Waals surface area (Å²) in [6, 6.07) is 8.12. The van der Waals surface area contributed by atoms with Gasteiger partial charge in [0, 0.05) is 18.5 Å².